The number of carbonyl (C=O) groups is 1. The van der Waals surface area contributed by atoms with Crippen LogP contribution in [-0.2, 0) is 4.79 Å². The van der Waals surface area contributed by atoms with Crippen LogP contribution in [0, 0.1) is 5.92 Å². The average molecular weight is 292 g/mol. The Morgan fingerprint density at radius 1 is 1.25 bits per heavy atom. The fourth-order valence-electron chi connectivity index (χ4n) is 2.51. The number of nitrogens with two attached hydrogens (primary N) is 1. The van der Waals surface area contributed by atoms with Crippen LogP contribution < -0.4 is 11.1 Å². The molecule has 0 aromatic heterocycles. The highest BCUT2D eigenvalue weighted by Gasteiger charge is 2.26. The molecule has 1 aromatic carbocycles. The van der Waals surface area contributed by atoms with Gasteiger partial charge in [0.1, 0.15) is 5.92 Å². The Morgan fingerprint density at radius 2 is 1.80 bits per heavy atom. The summed E-state index contributed by atoms with van der Waals surface area (Å²) in [7, 11) is 0. The minimum absolute atomic E-state index is 0.108. The van der Waals surface area contributed by atoms with Crippen LogP contribution in [0.1, 0.15) is 45.1 Å². The predicted octanol–water partition coefficient (Wildman–Crippen LogP) is 3.00. The third-order valence-electron chi connectivity index (χ3n) is 3.81. The number of amides is 1. The van der Waals surface area contributed by atoms with Crippen molar-refractivity contribution in [1.29, 1.82) is 0 Å². The normalized spacial score (nSPS) is 13.8. The summed E-state index contributed by atoms with van der Waals surface area (Å²) in [4.78, 5) is 12.7. The maximum Gasteiger partial charge on any atom is 0.234 e. The van der Waals surface area contributed by atoms with Crippen LogP contribution in [-0.4, -0.2) is 16.9 Å². The number of hydrogen-bond donors (Lipinski definition) is 2. The van der Waals surface area contributed by atoms with Crippen molar-refractivity contribution in [3.8, 4) is 0 Å². The van der Waals surface area contributed by atoms with Gasteiger partial charge in [-0.25, -0.2) is 0 Å². The van der Waals surface area contributed by atoms with Gasteiger partial charge in [0.05, 0.1) is 4.99 Å². The fourth-order valence-corrected chi connectivity index (χ4v) is 2.75. The Balaban J connectivity index is 2.84. The lowest BCUT2D eigenvalue weighted by molar-refractivity contribution is -0.122. The lowest BCUT2D eigenvalue weighted by atomic mass is 9.93. The van der Waals surface area contributed by atoms with Crippen molar-refractivity contribution in [2.24, 2.45) is 11.7 Å². The van der Waals surface area contributed by atoms with Crippen molar-refractivity contribution in [3.05, 3.63) is 35.9 Å². The number of rotatable bonds is 7. The van der Waals surface area contributed by atoms with E-state index in [1.54, 1.807) is 0 Å². The molecule has 3 N–H and O–H groups in total. The van der Waals surface area contributed by atoms with E-state index in [1.807, 2.05) is 37.3 Å². The topological polar surface area (TPSA) is 55.1 Å². The third-order valence-corrected chi connectivity index (χ3v) is 4.04. The quantitative estimate of drug-likeness (QED) is 0.760. The molecule has 1 rings (SSSR count). The van der Waals surface area contributed by atoms with E-state index < -0.39 is 5.92 Å². The maximum absolute atomic E-state index is 12.5. The number of benzene rings is 1. The number of carbonyl (C=O) groups excluding carboxylic acids is 1. The van der Waals surface area contributed by atoms with Gasteiger partial charge in [0.2, 0.25) is 5.91 Å². The van der Waals surface area contributed by atoms with E-state index in [0.717, 1.165) is 18.4 Å². The van der Waals surface area contributed by atoms with Crippen LogP contribution in [0.2, 0.25) is 0 Å². The van der Waals surface area contributed by atoms with Gasteiger partial charge in [-0.3, -0.25) is 4.79 Å². The Hall–Kier alpha value is -1.42. The molecule has 2 atom stereocenters. The molecule has 1 aromatic rings. The van der Waals surface area contributed by atoms with Crippen molar-refractivity contribution < 1.29 is 4.79 Å². The van der Waals surface area contributed by atoms with Gasteiger partial charge < -0.3 is 11.1 Å². The van der Waals surface area contributed by atoms with E-state index in [4.69, 9.17) is 18.0 Å². The summed E-state index contributed by atoms with van der Waals surface area (Å²) in [6.07, 6.45) is 2.09. The minimum atomic E-state index is -0.553. The van der Waals surface area contributed by atoms with E-state index in [0.29, 0.717) is 5.92 Å². The van der Waals surface area contributed by atoms with Crippen molar-refractivity contribution in [1.82, 2.24) is 5.32 Å². The molecule has 3 nitrogen and oxygen atoms in total. The molecule has 0 aliphatic rings. The molecule has 0 aliphatic carbocycles. The maximum atomic E-state index is 12.5. The summed E-state index contributed by atoms with van der Waals surface area (Å²) in [5.74, 6) is -0.187. The van der Waals surface area contributed by atoms with Crippen molar-refractivity contribution in [2.75, 3.05) is 0 Å². The first kappa shape index (κ1) is 16.6. The molecule has 4 heteroatoms. The molecule has 0 radical (unpaired) electrons. The summed E-state index contributed by atoms with van der Waals surface area (Å²) in [5.41, 5.74) is 6.60. The van der Waals surface area contributed by atoms with Gasteiger partial charge in [0, 0.05) is 6.04 Å². The van der Waals surface area contributed by atoms with Crippen molar-refractivity contribution >= 4 is 23.1 Å². The van der Waals surface area contributed by atoms with Crippen LogP contribution >= 0.6 is 12.2 Å². The smallest absolute Gasteiger partial charge is 0.234 e. The highest BCUT2D eigenvalue weighted by atomic mass is 32.1. The van der Waals surface area contributed by atoms with E-state index >= 15 is 0 Å². The van der Waals surface area contributed by atoms with E-state index in [1.165, 1.54) is 0 Å². The zero-order valence-electron chi connectivity index (χ0n) is 12.4. The van der Waals surface area contributed by atoms with Crippen LogP contribution in [0.25, 0.3) is 0 Å². The molecule has 1 amide bonds. The van der Waals surface area contributed by atoms with Crippen LogP contribution in [0.3, 0.4) is 0 Å². The first-order valence-electron chi connectivity index (χ1n) is 7.15. The number of thiocarbonyl (C=S) groups is 1. The Kier molecular flexibility index (Phi) is 6.65. The highest BCUT2D eigenvalue weighted by Crippen LogP contribution is 2.18. The second kappa shape index (κ2) is 8.00. The molecule has 0 spiro atoms. The minimum Gasteiger partial charge on any atom is -0.392 e. The lowest BCUT2D eigenvalue weighted by Gasteiger charge is -2.25. The number of hydrogen-bond acceptors (Lipinski definition) is 2. The highest BCUT2D eigenvalue weighted by molar-refractivity contribution is 7.80. The molecular weight excluding hydrogens is 268 g/mol. The summed E-state index contributed by atoms with van der Waals surface area (Å²) < 4.78 is 0. The van der Waals surface area contributed by atoms with Crippen molar-refractivity contribution in [3.63, 3.8) is 0 Å². The van der Waals surface area contributed by atoms with Crippen molar-refractivity contribution in [2.45, 2.75) is 45.6 Å². The molecule has 2 unspecified atom stereocenters. The SMILES string of the molecule is CCC(CC)C(C)NC(=O)C(C(N)=S)c1ccccc1. The third kappa shape index (κ3) is 4.30. The lowest BCUT2D eigenvalue weighted by Crippen LogP contribution is -2.43. The average Bonchev–Trinajstić information content (AvgIpc) is 2.40. The molecule has 0 saturated heterocycles. The van der Waals surface area contributed by atoms with E-state index in [-0.39, 0.29) is 16.9 Å². The Morgan fingerprint density at radius 3 is 2.25 bits per heavy atom. The Bertz CT molecular complexity index is 443. The molecule has 0 aliphatic heterocycles. The van der Waals surface area contributed by atoms with Gasteiger partial charge >= 0.3 is 0 Å². The van der Waals surface area contributed by atoms with Gasteiger partial charge in [0.25, 0.3) is 0 Å². The van der Waals surface area contributed by atoms with Gasteiger partial charge in [-0.1, -0.05) is 69.2 Å². The molecular formula is C16H24N2OS. The van der Waals surface area contributed by atoms with Crippen LogP contribution in [0.15, 0.2) is 30.3 Å². The van der Waals surface area contributed by atoms with Gasteiger partial charge in [-0.2, -0.15) is 0 Å². The van der Waals surface area contributed by atoms with Crippen LogP contribution in [0.5, 0.6) is 0 Å². The molecule has 0 fully saturated rings. The molecule has 0 saturated carbocycles. The first-order chi connectivity index (χ1) is 9.51. The summed E-state index contributed by atoms with van der Waals surface area (Å²) in [6.45, 7) is 6.31. The summed E-state index contributed by atoms with van der Waals surface area (Å²) in [6, 6.07) is 9.57. The molecule has 0 bridgehead atoms. The first-order valence-corrected chi connectivity index (χ1v) is 7.56. The zero-order chi connectivity index (χ0) is 15.1. The second-order valence-electron chi connectivity index (χ2n) is 5.12. The Labute approximate surface area is 126 Å². The fraction of sp³-hybridized carbons (Fsp3) is 0.500. The zero-order valence-corrected chi connectivity index (χ0v) is 13.2. The largest absolute Gasteiger partial charge is 0.392 e. The van der Waals surface area contributed by atoms with Crippen LogP contribution in [0.4, 0.5) is 0 Å². The predicted molar refractivity (Wildman–Crippen MR) is 87.6 cm³/mol. The molecule has 20 heavy (non-hydrogen) atoms. The molecule has 0 heterocycles. The summed E-state index contributed by atoms with van der Waals surface area (Å²) in [5, 5.41) is 3.06. The monoisotopic (exact) mass is 292 g/mol. The van der Waals surface area contributed by atoms with E-state index in [9.17, 15) is 4.79 Å². The number of nitrogens with one attached hydrogen (secondary N) is 1. The van der Waals surface area contributed by atoms with E-state index in [2.05, 4.69) is 19.2 Å². The van der Waals surface area contributed by atoms with Gasteiger partial charge in [0.15, 0.2) is 0 Å². The summed E-state index contributed by atoms with van der Waals surface area (Å²) >= 11 is 5.07. The van der Waals surface area contributed by atoms with Gasteiger partial charge in [-0.15, -0.1) is 0 Å². The standard InChI is InChI=1S/C16H24N2OS/c1-4-12(5-2)11(3)18-16(19)14(15(17)20)13-9-7-6-8-10-13/h6-12,14H,4-5H2,1-3H3,(H2,17,20)(H,18,19). The molecule has 110 valence electrons. The van der Waals surface area contributed by atoms with Gasteiger partial charge in [-0.05, 0) is 18.4 Å². The second-order valence-corrected chi connectivity index (χ2v) is 5.59.